The van der Waals surface area contributed by atoms with Crippen LogP contribution in [0.2, 0.25) is 0 Å². The number of carbonyl (C=O) groups is 2. The SMILES string of the molecule is CC(=O)c1c(F)c(C(N)=O)c(Nc2ccc(I)cc2F)n1C.COC[C@@H](O)CO. The molecule has 0 spiro atoms. The van der Waals surface area contributed by atoms with Crippen molar-refractivity contribution in [1.82, 2.24) is 4.57 Å². The number of methoxy groups -OCH3 is 1. The smallest absolute Gasteiger partial charge is 0.255 e. The van der Waals surface area contributed by atoms with E-state index in [1.54, 1.807) is 6.07 Å². The third-order valence-corrected chi connectivity index (χ3v) is 4.34. The Morgan fingerprint density at radius 2 is 2.00 bits per heavy atom. The number of nitrogens with two attached hydrogens (primary N) is 1. The second-order valence-electron chi connectivity index (χ2n) is 5.91. The van der Waals surface area contributed by atoms with Gasteiger partial charge in [0.25, 0.3) is 5.91 Å². The number of hydrogen-bond donors (Lipinski definition) is 4. The van der Waals surface area contributed by atoms with Crippen LogP contribution in [0.25, 0.3) is 0 Å². The highest BCUT2D eigenvalue weighted by Gasteiger charge is 2.27. The van der Waals surface area contributed by atoms with Gasteiger partial charge in [-0.05, 0) is 40.8 Å². The number of aliphatic hydroxyl groups is 2. The number of anilines is 2. The highest BCUT2D eigenvalue weighted by atomic mass is 127. The summed E-state index contributed by atoms with van der Waals surface area (Å²) in [5.74, 6) is -3.29. The average molecular weight is 525 g/mol. The summed E-state index contributed by atoms with van der Waals surface area (Å²) >= 11 is 1.94. The number of Topliss-reactive ketones (excluding diaryl/α,β-unsaturated/α-hetero) is 1. The van der Waals surface area contributed by atoms with Crippen molar-refractivity contribution in [2.45, 2.75) is 13.0 Å². The van der Waals surface area contributed by atoms with Crippen molar-refractivity contribution >= 4 is 45.8 Å². The second-order valence-corrected chi connectivity index (χ2v) is 7.15. The summed E-state index contributed by atoms with van der Waals surface area (Å²) in [6, 6.07) is 4.36. The third kappa shape index (κ3) is 6.45. The number of amides is 1. The van der Waals surface area contributed by atoms with Gasteiger partial charge in [0, 0.05) is 24.7 Å². The molecule has 11 heteroatoms. The molecule has 0 aliphatic heterocycles. The molecule has 5 N–H and O–H groups in total. The summed E-state index contributed by atoms with van der Waals surface area (Å²) in [4.78, 5) is 23.0. The molecule has 8 nitrogen and oxygen atoms in total. The number of hydrogen-bond acceptors (Lipinski definition) is 6. The van der Waals surface area contributed by atoms with Gasteiger partial charge in [-0.25, -0.2) is 8.78 Å². The van der Waals surface area contributed by atoms with Gasteiger partial charge in [-0.1, -0.05) is 0 Å². The van der Waals surface area contributed by atoms with Crippen LogP contribution < -0.4 is 11.1 Å². The number of ketones is 1. The van der Waals surface area contributed by atoms with Crippen LogP contribution in [0.4, 0.5) is 20.3 Å². The van der Waals surface area contributed by atoms with Crippen molar-refractivity contribution in [2.24, 2.45) is 12.8 Å². The molecule has 0 aliphatic rings. The zero-order valence-corrected chi connectivity index (χ0v) is 18.2. The van der Waals surface area contributed by atoms with Crippen LogP contribution in [-0.4, -0.2) is 52.9 Å². The van der Waals surface area contributed by atoms with Crippen LogP contribution in [0, 0.1) is 15.2 Å². The van der Waals surface area contributed by atoms with Gasteiger partial charge < -0.3 is 30.6 Å². The van der Waals surface area contributed by atoms with Gasteiger partial charge in [0.1, 0.15) is 29.0 Å². The van der Waals surface area contributed by atoms with Crippen LogP contribution in [0.15, 0.2) is 18.2 Å². The lowest BCUT2D eigenvalue weighted by Crippen LogP contribution is -2.17. The first-order valence-corrected chi connectivity index (χ1v) is 9.31. The van der Waals surface area contributed by atoms with E-state index >= 15 is 0 Å². The van der Waals surface area contributed by atoms with Crippen molar-refractivity contribution in [3.05, 3.63) is 44.7 Å². The first kappa shape index (κ1) is 24.9. The van der Waals surface area contributed by atoms with E-state index in [9.17, 15) is 18.4 Å². The molecule has 0 saturated carbocycles. The molecule has 1 heterocycles. The number of nitrogens with one attached hydrogen (secondary N) is 1. The number of ether oxygens (including phenoxy) is 1. The lowest BCUT2D eigenvalue weighted by molar-refractivity contribution is 0.0254. The van der Waals surface area contributed by atoms with E-state index in [1.807, 2.05) is 22.6 Å². The Kier molecular flexibility index (Phi) is 9.62. The minimum atomic E-state index is -1.05. The Labute approximate surface area is 179 Å². The van der Waals surface area contributed by atoms with Gasteiger partial charge in [-0.15, -0.1) is 0 Å². The summed E-state index contributed by atoms with van der Waals surface area (Å²) in [6.07, 6.45) is -0.718. The van der Waals surface area contributed by atoms with Crippen LogP contribution in [0.1, 0.15) is 27.8 Å². The van der Waals surface area contributed by atoms with E-state index in [0.29, 0.717) is 3.57 Å². The number of primary amides is 1. The fraction of sp³-hybridized carbons (Fsp3) is 0.333. The Hall–Kier alpha value is -2.09. The van der Waals surface area contributed by atoms with Gasteiger partial charge in [0.15, 0.2) is 11.6 Å². The zero-order valence-electron chi connectivity index (χ0n) is 16.0. The fourth-order valence-corrected chi connectivity index (χ4v) is 2.83. The molecule has 160 valence electrons. The highest BCUT2D eigenvalue weighted by Crippen LogP contribution is 2.29. The van der Waals surface area contributed by atoms with Crippen molar-refractivity contribution in [3.63, 3.8) is 0 Å². The van der Waals surface area contributed by atoms with E-state index in [0.717, 1.165) is 4.57 Å². The van der Waals surface area contributed by atoms with E-state index in [2.05, 4.69) is 10.1 Å². The minimum absolute atomic E-state index is 0.0404. The molecule has 0 radical (unpaired) electrons. The molecule has 2 aromatic rings. The Balaban J connectivity index is 0.000000516. The van der Waals surface area contributed by atoms with Crippen molar-refractivity contribution < 1.29 is 33.3 Å². The Morgan fingerprint density at radius 1 is 1.38 bits per heavy atom. The maximum Gasteiger partial charge on any atom is 0.255 e. The van der Waals surface area contributed by atoms with Crippen LogP contribution in [0.5, 0.6) is 0 Å². The van der Waals surface area contributed by atoms with Gasteiger partial charge >= 0.3 is 0 Å². The summed E-state index contributed by atoms with van der Waals surface area (Å²) < 4.78 is 34.5. The molecule has 0 saturated heterocycles. The van der Waals surface area contributed by atoms with E-state index in [-0.39, 0.29) is 30.4 Å². The highest BCUT2D eigenvalue weighted by molar-refractivity contribution is 14.1. The van der Waals surface area contributed by atoms with Crippen molar-refractivity contribution in [1.29, 1.82) is 0 Å². The first-order valence-electron chi connectivity index (χ1n) is 8.23. The second kappa shape index (κ2) is 11.2. The lowest BCUT2D eigenvalue weighted by atomic mass is 10.2. The molecule has 29 heavy (non-hydrogen) atoms. The number of nitrogens with zero attached hydrogens (tertiary/aromatic N) is 1. The zero-order chi connectivity index (χ0) is 22.3. The predicted octanol–water partition coefficient (Wildman–Crippen LogP) is 1.94. The molecule has 0 aliphatic carbocycles. The van der Waals surface area contributed by atoms with Crippen LogP contribution in [0.3, 0.4) is 0 Å². The molecule has 1 atom stereocenters. The van der Waals surface area contributed by atoms with Gasteiger partial charge in [0.2, 0.25) is 0 Å². The fourth-order valence-electron chi connectivity index (χ4n) is 2.37. The molecule has 1 aromatic heterocycles. The average Bonchev–Trinajstić information content (AvgIpc) is 2.88. The van der Waals surface area contributed by atoms with Crippen molar-refractivity contribution in [3.8, 4) is 0 Å². The van der Waals surface area contributed by atoms with E-state index < -0.39 is 35.0 Å². The Morgan fingerprint density at radius 3 is 2.41 bits per heavy atom. The summed E-state index contributed by atoms with van der Waals surface area (Å²) in [5.41, 5.74) is 4.43. The molecular weight excluding hydrogens is 503 g/mol. The van der Waals surface area contributed by atoms with Crippen LogP contribution >= 0.6 is 22.6 Å². The number of aromatic nitrogens is 1. The number of carbonyl (C=O) groups excluding carboxylic acids is 2. The number of halogens is 3. The molecule has 0 fully saturated rings. The minimum Gasteiger partial charge on any atom is -0.394 e. The standard InChI is InChI=1S/C14H12F2IN3O2.C4H10O3/c1-6(21)12-11(16)10(13(18)22)14(20(12)2)19-9-4-3-7(17)5-8(9)15;1-7-3-4(6)2-5/h3-5,19H,1-2H3,(H2,18,22);4-6H,2-3H2,1H3/t;4-/m.0/s1. The largest absolute Gasteiger partial charge is 0.394 e. The summed E-state index contributed by atoms with van der Waals surface area (Å²) in [7, 11) is 2.86. The molecule has 1 aromatic carbocycles. The summed E-state index contributed by atoms with van der Waals surface area (Å²) in [6.45, 7) is 1.14. The normalized spacial score (nSPS) is 11.4. The lowest BCUT2D eigenvalue weighted by Gasteiger charge is -2.11. The first-order chi connectivity index (χ1) is 13.5. The van der Waals surface area contributed by atoms with Gasteiger partial charge in [-0.3, -0.25) is 9.59 Å². The maximum absolute atomic E-state index is 14.2. The molecule has 2 rings (SSSR count). The molecule has 0 unspecified atom stereocenters. The quantitative estimate of drug-likeness (QED) is 0.324. The number of benzene rings is 1. The van der Waals surface area contributed by atoms with E-state index in [4.69, 9.17) is 15.9 Å². The van der Waals surface area contributed by atoms with Crippen molar-refractivity contribution in [2.75, 3.05) is 25.6 Å². The van der Waals surface area contributed by atoms with Gasteiger partial charge in [0.05, 0.1) is 18.9 Å². The number of aliphatic hydroxyl groups excluding tert-OH is 2. The van der Waals surface area contributed by atoms with Gasteiger partial charge in [-0.2, -0.15) is 0 Å². The summed E-state index contributed by atoms with van der Waals surface area (Å²) in [5, 5.41) is 19.2. The third-order valence-electron chi connectivity index (χ3n) is 3.67. The predicted molar refractivity (Wildman–Crippen MR) is 111 cm³/mol. The number of rotatable bonds is 7. The molecular formula is C18H22F2IN3O5. The molecule has 1 amide bonds. The molecule has 0 bridgehead atoms. The Bertz CT molecular complexity index is 889. The van der Waals surface area contributed by atoms with Crippen LogP contribution in [-0.2, 0) is 11.8 Å². The monoisotopic (exact) mass is 525 g/mol. The van der Waals surface area contributed by atoms with E-state index in [1.165, 1.54) is 33.2 Å². The maximum atomic E-state index is 14.2. The topological polar surface area (TPSA) is 127 Å².